The number of alkyl halides is 3. The number of nitrogens with zero attached hydrogens (tertiary/aromatic N) is 3. The van der Waals surface area contributed by atoms with Crippen LogP contribution in [0.15, 0.2) is 46.3 Å². The maximum absolute atomic E-state index is 12.8. The van der Waals surface area contributed by atoms with Gasteiger partial charge in [-0.15, -0.1) is 23.4 Å². The lowest BCUT2D eigenvalue weighted by molar-refractivity contribution is -0.274. The molecule has 170 valence electrons. The number of halogens is 3. The van der Waals surface area contributed by atoms with E-state index < -0.39 is 21.9 Å². The summed E-state index contributed by atoms with van der Waals surface area (Å²) >= 11 is 1.30. The van der Waals surface area contributed by atoms with Gasteiger partial charge >= 0.3 is 6.36 Å². The average Bonchev–Trinajstić information content (AvgIpc) is 3.40. The lowest BCUT2D eigenvalue weighted by atomic mass is 10.2. The molecule has 1 saturated heterocycles. The lowest BCUT2D eigenvalue weighted by Gasteiger charge is -2.10. The van der Waals surface area contributed by atoms with Crippen LogP contribution >= 0.6 is 11.3 Å². The molecule has 0 unspecified atom stereocenters. The predicted molar refractivity (Wildman–Crippen MR) is 109 cm³/mol. The predicted octanol–water partition coefficient (Wildman–Crippen LogP) is 3.64. The van der Waals surface area contributed by atoms with Gasteiger partial charge in [-0.1, -0.05) is 11.3 Å². The van der Waals surface area contributed by atoms with Crippen molar-refractivity contribution in [2.24, 2.45) is 0 Å². The second kappa shape index (κ2) is 8.64. The third kappa shape index (κ3) is 5.00. The first kappa shape index (κ1) is 22.4. The molecule has 1 atom stereocenters. The molecule has 8 nitrogen and oxygen atoms in total. The van der Waals surface area contributed by atoms with E-state index in [1.807, 2.05) is 0 Å². The van der Waals surface area contributed by atoms with Crippen molar-refractivity contribution in [2.75, 3.05) is 12.3 Å². The Morgan fingerprint density at radius 3 is 2.56 bits per heavy atom. The van der Waals surface area contributed by atoms with Gasteiger partial charge in [0.15, 0.2) is 5.01 Å². The van der Waals surface area contributed by atoms with Crippen LogP contribution in [0.3, 0.4) is 0 Å². The minimum Gasteiger partial charge on any atom is -0.406 e. The first-order valence-corrected chi connectivity index (χ1v) is 11.7. The highest BCUT2D eigenvalue weighted by molar-refractivity contribution is 7.91. The number of nitrogens with two attached hydrogens (primary N) is 1. The van der Waals surface area contributed by atoms with Crippen molar-refractivity contribution in [2.45, 2.75) is 41.5 Å². The van der Waals surface area contributed by atoms with Crippen LogP contribution in [0, 0.1) is 0 Å². The van der Waals surface area contributed by atoms with Crippen LogP contribution in [0.4, 0.5) is 18.9 Å². The Morgan fingerprint density at radius 1 is 1.19 bits per heavy atom. The van der Waals surface area contributed by atoms with E-state index in [0.717, 1.165) is 54.9 Å². The van der Waals surface area contributed by atoms with Crippen LogP contribution in [0.1, 0.15) is 17.8 Å². The number of hydrogen-bond donors (Lipinski definition) is 1. The van der Waals surface area contributed by atoms with Crippen LogP contribution < -0.4 is 10.5 Å². The quantitative estimate of drug-likeness (QED) is 0.561. The molecular weight excluding hydrogens is 469 g/mol. The number of pyridine rings is 1. The molecule has 13 heteroatoms. The first-order chi connectivity index (χ1) is 15.1. The summed E-state index contributed by atoms with van der Waals surface area (Å²) in [5, 5.41) is 9.45. The van der Waals surface area contributed by atoms with Crippen molar-refractivity contribution < 1.29 is 31.1 Å². The maximum Gasteiger partial charge on any atom is 0.573 e. The van der Waals surface area contributed by atoms with E-state index in [-0.39, 0.29) is 21.6 Å². The Bertz CT molecular complexity index is 1210. The third-order valence-electron chi connectivity index (χ3n) is 4.67. The molecule has 0 spiro atoms. The van der Waals surface area contributed by atoms with E-state index in [9.17, 15) is 21.6 Å². The van der Waals surface area contributed by atoms with E-state index in [1.165, 1.54) is 17.4 Å². The van der Waals surface area contributed by atoms with Crippen LogP contribution in [-0.4, -0.2) is 42.7 Å². The zero-order chi connectivity index (χ0) is 22.9. The molecular formula is C19H17F3N4O4S2. The Balaban J connectivity index is 1.54. The van der Waals surface area contributed by atoms with Crippen molar-refractivity contribution in [1.82, 2.24) is 15.2 Å². The second-order valence-corrected chi connectivity index (χ2v) is 9.98. The van der Waals surface area contributed by atoms with Gasteiger partial charge in [-0.05, 0) is 43.2 Å². The maximum atomic E-state index is 12.8. The van der Waals surface area contributed by atoms with Crippen LogP contribution in [-0.2, 0) is 21.0 Å². The molecule has 0 amide bonds. The molecule has 4 rings (SSSR count). The number of ether oxygens (including phenoxy) is 2. The van der Waals surface area contributed by atoms with E-state index in [1.54, 1.807) is 0 Å². The van der Waals surface area contributed by atoms with Crippen molar-refractivity contribution in [3.63, 3.8) is 0 Å². The van der Waals surface area contributed by atoms with Crippen molar-refractivity contribution in [3.05, 3.63) is 41.5 Å². The van der Waals surface area contributed by atoms with Gasteiger partial charge in [0.1, 0.15) is 16.5 Å². The Kier molecular flexibility index (Phi) is 6.05. The molecule has 0 saturated carbocycles. The number of sulfone groups is 1. The zero-order valence-corrected chi connectivity index (χ0v) is 18.0. The summed E-state index contributed by atoms with van der Waals surface area (Å²) in [5.41, 5.74) is 6.42. The molecule has 1 aliphatic rings. The minimum atomic E-state index is -4.87. The molecule has 0 aliphatic carbocycles. The number of aromatic nitrogens is 3. The SMILES string of the molecule is Nc1cc(S(=O)(=O)c2ccc(OC(F)(F)F)cc2)cnc1-c1nnc(C[C@@H]2CCCO2)s1. The smallest absolute Gasteiger partial charge is 0.406 e. The number of benzene rings is 1. The highest BCUT2D eigenvalue weighted by Crippen LogP contribution is 2.32. The second-order valence-electron chi connectivity index (χ2n) is 6.97. The molecule has 0 bridgehead atoms. The number of rotatable bonds is 6. The number of anilines is 1. The summed E-state index contributed by atoms with van der Waals surface area (Å²) in [6, 6.07) is 5.11. The molecule has 3 aromatic rings. The lowest BCUT2D eigenvalue weighted by Crippen LogP contribution is -2.17. The van der Waals surface area contributed by atoms with Gasteiger partial charge < -0.3 is 15.2 Å². The fourth-order valence-electron chi connectivity index (χ4n) is 3.18. The third-order valence-corrected chi connectivity index (χ3v) is 7.35. The van der Waals surface area contributed by atoms with Crippen molar-refractivity contribution in [3.8, 4) is 16.5 Å². The van der Waals surface area contributed by atoms with Crippen molar-refractivity contribution >= 4 is 26.9 Å². The molecule has 2 N–H and O–H groups in total. The number of hydrogen-bond acceptors (Lipinski definition) is 9. The fourth-order valence-corrected chi connectivity index (χ4v) is 5.34. The summed E-state index contributed by atoms with van der Waals surface area (Å²) in [7, 11) is -4.06. The van der Waals surface area contributed by atoms with Crippen LogP contribution in [0.25, 0.3) is 10.7 Å². The zero-order valence-electron chi connectivity index (χ0n) is 16.4. The summed E-state index contributed by atoms with van der Waals surface area (Å²) in [4.78, 5) is 3.72. The first-order valence-electron chi connectivity index (χ1n) is 9.42. The molecule has 1 aliphatic heterocycles. The van der Waals surface area contributed by atoms with Gasteiger partial charge in [-0.3, -0.25) is 4.98 Å². The van der Waals surface area contributed by atoms with E-state index in [2.05, 4.69) is 19.9 Å². The molecule has 1 aromatic carbocycles. The van der Waals surface area contributed by atoms with Gasteiger partial charge in [-0.2, -0.15) is 0 Å². The molecule has 0 radical (unpaired) electrons. The minimum absolute atomic E-state index is 0.0860. The molecule has 32 heavy (non-hydrogen) atoms. The molecule has 3 heterocycles. The largest absolute Gasteiger partial charge is 0.573 e. The van der Waals surface area contributed by atoms with Gasteiger partial charge in [-0.25, -0.2) is 8.42 Å². The monoisotopic (exact) mass is 486 g/mol. The van der Waals surface area contributed by atoms with E-state index in [4.69, 9.17) is 10.5 Å². The fraction of sp³-hybridized carbons (Fsp3) is 0.316. The van der Waals surface area contributed by atoms with Crippen molar-refractivity contribution in [1.29, 1.82) is 0 Å². The normalized spacial score (nSPS) is 16.9. The number of nitrogen functional groups attached to an aromatic ring is 1. The van der Waals surface area contributed by atoms with Gasteiger partial charge in [0.2, 0.25) is 9.84 Å². The van der Waals surface area contributed by atoms with Gasteiger partial charge in [0.25, 0.3) is 0 Å². The topological polar surface area (TPSA) is 117 Å². The Hall–Kier alpha value is -2.77. The van der Waals surface area contributed by atoms with Gasteiger partial charge in [0, 0.05) is 19.2 Å². The van der Waals surface area contributed by atoms with Gasteiger partial charge in [0.05, 0.1) is 21.6 Å². The summed E-state index contributed by atoms with van der Waals surface area (Å²) < 4.78 is 71.9. The summed E-state index contributed by atoms with van der Waals surface area (Å²) in [6.45, 7) is 0.735. The van der Waals surface area contributed by atoms with Crippen LogP contribution in [0.5, 0.6) is 5.75 Å². The van der Waals surface area contributed by atoms with E-state index >= 15 is 0 Å². The highest BCUT2D eigenvalue weighted by atomic mass is 32.2. The van der Waals surface area contributed by atoms with Crippen LogP contribution in [0.2, 0.25) is 0 Å². The summed E-state index contributed by atoms with van der Waals surface area (Å²) in [5.74, 6) is -0.528. The van der Waals surface area contributed by atoms with E-state index in [0.29, 0.717) is 17.1 Å². The standard InChI is InChI=1S/C19H17F3N4O4S2/c20-19(21,22)30-11-3-5-13(6-4-11)32(27,28)14-9-15(23)17(24-10-14)18-26-25-16(31-18)8-12-2-1-7-29-12/h3-6,9-10,12H,1-2,7-8,23H2/t12-/m0/s1. The summed E-state index contributed by atoms with van der Waals surface area (Å²) in [6.07, 6.45) is -1.02. The molecule has 1 fully saturated rings. The Morgan fingerprint density at radius 2 is 1.94 bits per heavy atom. The Labute approximate surface area is 185 Å². The molecule has 2 aromatic heterocycles. The average molecular weight is 486 g/mol. The highest BCUT2D eigenvalue weighted by Gasteiger charge is 2.31.